The minimum Gasteiger partial charge on any atom is -0.318 e. The third-order valence-electron chi connectivity index (χ3n) is 5.23. The summed E-state index contributed by atoms with van der Waals surface area (Å²) in [5, 5.41) is 4.06. The number of anilines is 1. The van der Waals surface area contributed by atoms with E-state index in [1.54, 1.807) is 30.5 Å². The first kappa shape index (κ1) is 23.3. The van der Waals surface area contributed by atoms with E-state index >= 15 is 0 Å². The monoisotopic (exact) mass is 452 g/mol. The molecule has 0 aliphatic carbocycles. The van der Waals surface area contributed by atoms with Crippen LogP contribution >= 0.6 is 0 Å². The molecule has 0 aliphatic heterocycles. The molecule has 1 heterocycles. The van der Waals surface area contributed by atoms with Crippen molar-refractivity contribution < 1.29 is 13.2 Å². The summed E-state index contributed by atoms with van der Waals surface area (Å²) in [7, 11) is -3.63. The zero-order chi connectivity index (χ0) is 23.5. The van der Waals surface area contributed by atoms with Gasteiger partial charge in [0.1, 0.15) is 6.54 Å². The van der Waals surface area contributed by atoms with Gasteiger partial charge < -0.3 is 4.57 Å². The van der Waals surface area contributed by atoms with Crippen LogP contribution in [0.25, 0.3) is 5.69 Å². The lowest BCUT2D eigenvalue weighted by Crippen LogP contribution is -2.39. The van der Waals surface area contributed by atoms with E-state index in [9.17, 15) is 13.2 Å². The number of aromatic nitrogens is 1. The second kappa shape index (κ2) is 9.40. The Morgan fingerprint density at radius 2 is 1.72 bits per heavy atom. The zero-order valence-corrected chi connectivity index (χ0v) is 19.8. The molecule has 7 nitrogen and oxygen atoms in total. The average Bonchev–Trinajstić information content (AvgIpc) is 3.00. The van der Waals surface area contributed by atoms with E-state index < -0.39 is 15.9 Å². The first-order valence-corrected chi connectivity index (χ1v) is 12.0. The van der Waals surface area contributed by atoms with Crippen molar-refractivity contribution in [3.05, 3.63) is 82.7 Å². The van der Waals surface area contributed by atoms with Gasteiger partial charge in [-0.1, -0.05) is 35.9 Å². The van der Waals surface area contributed by atoms with E-state index in [1.807, 2.05) is 39.0 Å². The van der Waals surface area contributed by atoms with Crippen LogP contribution in [-0.2, 0) is 14.8 Å². The summed E-state index contributed by atoms with van der Waals surface area (Å²) in [6.07, 6.45) is 2.65. The third kappa shape index (κ3) is 5.26. The van der Waals surface area contributed by atoms with Crippen molar-refractivity contribution in [3.63, 3.8) is 0 Å². The van der Waals surface area contributed by atoms with Gasteiger partial charge in [0.2, 0.25) is 10.0 Å². The van der Waals surface area contributed by atoms with Gasteiger partial charge in [-0.2, -0.15) is 5.10 Å². The van der Waals surface area contributed by atoms with E-state index in [-0.39, 0.29) is 6.54 Å². The van der Waals surface area contributed by atoms with Crippen molar-refractivity contribution in [2.75, 3.05) is 17.1 Å². The molecule has 0 bridgehead atoms. The van der Waals surface area contributed by atoms with E-state index in [4.69, 9.17) is 0 Å². The molecule has 0 saturated carbocycles. The van der Waals surface area contributed by atoms with Gasteiger partial charge in [-0.3, -0.25) is 9.10 Å². The van der Waals surface area contributed by atoms with Crippen LogP contribution in [0.3, 0.4) is 0 Å². The first-order chi connectivity index (χ1) is 15.1. The molecule has 3 rings (SSSR count). The number of amides is 1. The number of carbonyl (C=O) groups is 1. The third-order valence-corrected chi connectivity index (χ3v) is 6.37. The highest BCUT2D eigenvalue weighted by Crippen LogP contribution is 2.22. The van der Waals surface area contributed by atoms with Gasteiger partial charge in [0, 0.05) is 22.6 Å². The predicted molar refractivity (Wildman–Crippen MR) is 129 cm³/mol. The van der Waals surface area contributed by atoms with Gasteiger partial charge in [-0.05, 0) is 57.5 Å². The van der Waals surface area contributed by atoms with Crippen molar-refractivity contribution in [3.8, 4) is 5.69 Å². The molecule has 2 aromatic carbocycles. The topological polar surface area (TPSA) is 83.8 Å². The van der Waals surface area contributed by atoms with E-state index in [2.05, 4.69) is 34.2 Å². The SMILES string of the molecule is Cc1ccc(N(CC(=O)N/N=C\c2cc(C)n(-c3ccccc3C)c2C)S(C)(=O)=O)cc1. The fourth-order valence-corrected chi connectivity index (χ4v) is 4.41. The number of hydrogen-bond acceptors (Lipinski definition) is 4. The number of carbonyl (C=O) groups excluding carboxylic acids is 1. The number of sulfonamides is 1. The van der Waals surface area contributed by atoms with Gasteiger partial charge in [-0.25, -0.2) is 13.8 Å². The molecule has 3 aromatic rings. The molecule has 1 N–H and O–H groups in total. The molecule has 1 aromatic heterocycles. The molecule has 168 valence electrons. The van der Waals surface area contributed by atoms with E-state index in [1.165, 1.54) is 0 Å². The molecule has 0 unspecified atom stereocenters. The second-order valence-corrected chi connectivity index (χ2v) is 9.75. The molecule has 8 heteroatoms. The number of nitrogens with zero attached hydrogens (tertiary/aromatic N) is 3. The minimum absolute atomic E-state index is 0.360. The smallest absolute Gasteiger partial charge is 0.260 e. The van der Waals surface area contributed by atoms with Crippen LogP contribution in [-0.4, -0.2) is 37.9 Å². The molecule has 0 spiro atoms. The normalized spacial score (nSPS) is 11.7. The summed E-state index contributed by atoms with van der Waals surface area (Å²) in [6.45, 7) is 7.61. The largest absolute Gasteiger partial charge is 0.318 e. The Morgan fingerprint density at radius 1 is 1.06 bits per heavy atom. The lowest BCUT2D eigenvalue weighted by atomic mass is 10.2. The summed E-state index contributed by atoms with van der Waals surface area (Å²) in [5.41, 5.74) is 9.02. The van der Waals surface area contributed by atoms with E-state index in [0.717, 1.165) is 44.3 Å². The van der Waals surface area contributed by atoms with Crippen LogP contribution in [0.4, 0.5) is 5.69 Å². The Morgan fingerprint density at radius 3 is 2.34 bits per heavy atom. The molecule has 1 amide bonds. The maximum Gasteiger partial charge on any atom is 0.260 e. The zero-order valence-electron chi connectivity index (χ0n) is 19.0. The van der Waals surface area contributed by atoms with Crippen LogP contribution in [0.5, 0.6) is 0 Å². The lowest BCUT2D eigenvalue weighted by molar-refractivity contribution is -0.119. The second-order valence-electron chi connectivity index (χ2n) is 7.85. The number of rotatable bonds is 7. The fraction of sp³-hybridized carbons (Fsp3) is 0.250. The number of hydrazone groups is 1. The number of hydrogen-bond donors (Lipinski definition) is 1. The van der Waals surface area contributed by atoms with Crippen molar-refractivity contribution in [2.45, 2.75) is 27.7 Å². The molecular weight excluding hydrogens is 424 g/mol. The Balaban J connectivity index is 1.74. The Kier molecular flexibility index (Phi) is 6.84. The predicted octanol–water partition coefficient (Wildman–Crippen LogP) is 3.63. The number of para-hydroxylation sites is 1. The Bertz CT molecular complexity index is 1260. The molecule has 32 heavy (non-hydrogen) atoms. The van der Waals surface area contributed by atoms with Crippen LogP contribution < -0.4 is 9.73 Å². The summed E-state index contributed by atoms with van der Waals surface area (Å²) < 4.78 is 27.6. The van der Waals surface area contributed by atoms with Crippen LogP contribution in [0, 0.1) is 27.7 Å². The quantitative estimate of drug-likeness (QED) is 0.439. The van der Waals surface area contributed by atoms with Crippen LogP contribution in [0.1, 0.15) is 28.1 Å². The highest BCUT2D eigenvalue weighted by atomic mass is 32.2. The molecule has 0 radical (unpaired) electrons. The van der Waals surface area contributed by atoms with Gasteiger partial charge in [-0.15, -0.1) is 0 Å². The highest BCUT2D eigenvalue weighted by molar-refractivity contribution is 7.92. The molecule has 0 aliphatic rings. The van der Waals surface area contributed by atoms with Crippen molar-refractivity contribution in [2.24, 2.45) is 5.10 Å². The van der Waals surface area contributed by atoms with Crippen LogP contribution in [0.2, 0.25) is 0 Å². The Labute approximate surface area is 189 Å². The van der Waals surface area contributed by atoms with Crippen LogP contribution in [0.15, 0.2) is 59.7 Å². The summed E-state index contributed by atoms with van der Waals surface area (Å²) in [6, 6.07) is 17.1. The Hall–Kier alpha value is -3.39. The van der Waals surface area contributed by atoms with E-state index in [0.29, 0.717) is 5.69 Å². The molecular formula is C24H28N4O3S. The molecule has 0 atom stereocenters. The average molecular weight is 453 g/mol. The minimum atomic E-state index is -3.63. The van der Waals surface area contributed by atoms with Crippen molar-refractivity contribution in [1.82, 2.24) is 9.99 Å². The summed E-state index contributed by atoms with van der Waals surface area (Å²) in [5.74, 6) is -0.528. The number of benzene rings is 2. The molecule has 0 saturated heterocycles. The van der Waals surface area contributed by atoms with Crippen molar-refractivity contribution >= 4 is 27.8 Å². The summed E-state index contributed by atoms with van der Waals surface area (Å²) >= 11 is 0. The standard InChI is InChI=1S/C24H28N4O3S/c1-17-10-12-22(13-11-17)27(32(5,30)31)16-24(29)26-25-15-21-14-19(3)28(20(21)4)23-9-7-6-8-18(23)2/h6-15H,16H2,1-5H3,(H,26,29)/b25-15-. The highest BCUT2D eigenvalue weighted by Gasteiger charge is 2.20. The first-order valence-electron chi connectivity index (χ1n) is 10.2. The number of aryl methyl sites for hydroxylation is 3. The maximum atomic E-state index is 12.4. The van der Waals surface area contributed by atoms with Gasteiger partial charge >= 0.3 is 0 Å². The summed E-state index contributed by atoms with van der Waals surface area (Å²) in [4.78, 5) is 12.4. The van der Waals surface area contributed by atoms with Gasteiger partial charge in [0.15, 0.2) is 0 Å². The van der Waals surface area contributed by atoms with Gasteiger partial charge in [0.25, 0.3) is 5.91 Å². The van der Waals surface area contributed by atoms with Gasteiger partial charge in [0.05, 0.1) is 18.2 Å². The maximum absolute atomic E-state index is 12.4. The van der Waals surface area contributed by atoms with Crippen molar-refractivity contribution in [1.29, 1.82) is 0 Å². The lowest BCUT2D eigenvalue weighted by Gasteiger charge is -2.21. The molecule has 0 fully saturated rings. The number of nitrogens with one attached hydrogen (secondary N) is 1. The fourth-order valence-electron chi connectivity index (χ4n) is 3.55.